The molecule has 0 radical (unpaired) electrons. The molecule has 2 heterocycles. The highest BCUT2D eigenvalue weighted by molar-refractivity contribution is 9.10. The van der Waals surface area contributed by atoms with E-state index in [-0.39, 0.29) is 17.1 Å². The third-order valence-electron chi connectivity index (χ3n) is 3.14. The van der Waals surface area contributed by atoms with Gasteiger partial charge < -0.3 is 0 Å². The second-order valence-electron chi connectivity index (χ2n) is 4.61. The predicted octanol–water partition coefficient (Wildman–Crippen LogP) is 3.73. The number of hydrogen-bond donors (Lipinski definition) is 0. The van der Waals surface area contributed by atoms with Gasteiger partial charge in [0.05, 0.1) is 11.3 Å². The molecule has 4 nitrogen and oxygen atoms in total. The van der Waals surface area contributed by atoms with E-state index >= 15 is 0 Å². The summed E-state index contributed by atoms with van der Waals surface area (Å²) < 4.78 is 3.08. The van der Waals surface area contributed by atoms with Crippen LogP contribution in [0.4, 0.5) is 0 Å². The molecule has 3 aromatic rings. The molecule has 0 saturated carbocycles. The number of halogens is 1. The standard InChI is InChI=1S/C15H11BrN2O2S2/c1-18-14(20)13-11(6-7-21-13)17-15(18)22-8-12(19)9-2-4-10(16)5-3-9/h2-7H,8H2,1H3. The minimum absolute atomic E-state index is 0.0113. The fourth-order valence-corrected chi connectivity index (χ4v) is 3.88. The zero-order valence-corrected chi connectivity index (χ0v) is 14.8. The van der Waals surface area contributed by atoms with Crippen LogP contribution in [-0.4, -0.2) is 21.1 Å². The van der Waals surface area contributed by atoms with Crippen molar-refractivity contribution in [3.8, 4) is 0 Å². The SMILES string of the molecule is Cn1c(SCC(=O)c2ccc(Br)cc2)nc2ccsc2c1=O. The molecule has 0 spiro atoms. The van der Waals surface area contributed by atoms with E-state index in [4.69, 9.17) is 0 Å². The molecule has 0 aliphatic heterocycles. The number of nitrogens with zero attached hydrogens (tertiary/aromatic N) is 2. The van der Waals surface area contributed by atoms with Gasteiger partial charge in [0.1, 0.15) is 4.70 Å². The van der Waals surface area contributed by atoms with Gasteiger partial charge in [0.15, 0.2) is 10.9 Å². The minimum atomic E-state index is -0.0707. The van der Waals surface area contributed by atoms with Gasteiger partial charge in [-0.15, -0.1) is 11.3 Å². The largest absolute Gasteiger partial charge is 0.293 e. The van der Waals surface area contributed by atoms with Gasteiger partial charge in [-0.2, -0.15) is 0 Å². The van der Waals surface area contributed by atoms with E-state index < -0.39 is 0 Å². The molecule has 0 amide bonds. The first kappa shape index (κ1) is 15.5. The normalized spacial score (nSPS) is 11.0. The minimum Gasteiger partial charge on any atom is -0.293 e. The molecule has 7 heteroatoms. The number of thioether (sulfide) groups is 1. The Labute approximate surface area is 143 Å². The highest BCUT2D eigenvalue weighted by atomic mass is 79.9. The molecule has 0 aliphatic rings. The average Bonchev–Trinajstić information content (AvgIpc) is 2.98. The molecule has 2 aromatic heterocycles. The van der Waals surface area contributed by atoms with Crippen molar-refractivity contribution in [2.45, 2.75) is 5.16 Å². The van der Waals surface area contributed by atoms with Gasteiger partial charge >= 0.3 is 0 Å². The Balaban J connectivity index is 1.81. The Morgan fingerprint density at radius 2 is 2.05 bits per heavy atom. The number of carbonyl (C=O) groups is 1. The van der Waals surface area contributed by atoms with Crippen LogP contribution in [0.25, 0.3) is 10.2 Å². The van der Waals surface area contributed by atoms with Crippen LogP contribution in [0.5, 0.6) is 0 Å². The summed E-state index contributed by atoms with van der Waals surface area (Å²) in [6.07, 6.45) is 0. The molecular weight excluding hydrogens is 384 g/mol. The number of fused-ring (bicyclic) bond motifs is 1. The maximum atomic E-state index is 12.2. The van der Waals surface area contributed by atoms with Crippen LogP contribution in [0.3, 0.4) is 0 Å². The van der Waals surface area contributed by atoms with E-state index in [1.165, 1.54) is 27.7 Å². The van der Waals surface area contributed by atoms with E-state index in [1.54, 1.807) is 19.2 Å². The van der Waals surface area contributed by atoms with E-state index in [2.05, 4.69) is 20.9 Å². The van der Waals surface area contributed by atoms with Crippen molar-refractivity contribution < 1.29 is 4.79 Å². The maximum absolute atomic E-state index is 12.2. The number of aromatic nitrogens is 2. The quantitative estimate of drug-likeness (QED) is 0.384. The first-order chi connectivity index (χ1) is 10.6. The van der Waals surface area contributed by atoms with E-state index in [0.29, 0.717) is 20.9 Å². The molecule has 112 valence electrons. The van der Waals surface area contributed by atoms with Crippen LogP contribution >= 0.6 is 39.0 Å². The Kier molecular flexibility index (Phi) is 4.46. The molecule has 0 bridgehead atoms. The van der Waals surface area contributed by atoms with Crippen molar-refractivity contribution in [1.82, 2.24) is 9.55 Å². The topological polar surface area (TPSA) is 52.0 Å². The smallest absolute Gasteiger partial charge is 0.271 e. The summed E-state index contributed by atoms with van der Waals surface area (Å²) in [4.78, 5) is 28.8. The molecule has 0 aliphatic carbocycles. The summed E-state index contributed by atoms with van der Waals surface area (Å²) in [5, 5.41) is 2.40. The number of hydrogen-bond acceptors (Lipinski definition) is 5. The Hall–Kier alpha value is -1.44. The number of ketones is 1. The van der Waals surface area contributed by atoms with Crippen LogP contribution in [-0.2, 0) is 7.05 Å². The zero-order valence-electron chi connectivity index (χ0n) is 11.6. The lowest BCUT2D eigenvalue weighted by atomic mass is 10.2. The third-order valence-corrected chi connectivity index (χ3v) is 5.60. The van der Waals surface area contributed by atoms with Crippen LogP contribution < -0.4 is 5.56 Å². The first-order valence-electron chi connectivity index (χ1n) is 6.42. The molecule has 3 rings (SSSR count). The van der Waals surface area contributed by atoms with E-state index in [1.807, 2.05) is 23.6 Å². The number of Topliss-reactive ketones (excluding diaryl/α,β-unsaturated/α-hetero) is 1. The molecule has 1 aromatic carbocycles. The Morgan fingerprint density at radius 3 is 2.77 bits per heavy atom. The van der Waals surface area contributed by atoms with Gasteiger partial charge in [0.25, 0.3) is 5.56 Å². The number of rotatable bonds is 4. The van der Waals surface area contributed by atoms with Crippen LogP contribution in [0, 0.1) is 0 Å². The fourth-order valence-electron chi connectivity index (χ4n) is 1.95. The average molecular weight is 395 g/mol. The molecule has 0 saturated heterocycles. The monoisotopic (exact) mass is 394 g/mol. The fraction of sp³-hybridized carbons (Fsp3) is 0.133. The van der Waals surface area contributed by atoms with Crippen molar-refractivity contribution in [3.63, 3.8) is 0 Å². The van der Waals surface area contributed by atoms with Gasteiger partial charge in [0.2, 0.25) is 0 Å². The Bertz CT molecular complexity index is 900. The van der Waals surface area contributed by atoms with Crippen molar-refractivity contribution in [3.05, 3.63) is 56.1 Å². The number of carbonyl (C=O) groups excluding carboxylic acids is 1. The van der Waals surface area contributed by atoms with Crippen molar-refractivity contribution >= 4 is 55.0 Å². The van der Waals surface area contributed by atoms with Crippen LogP contribution in [0.15, 0.2) is 50.1 Å². The number of benzene rings is 1. The summed E-state index contributed by atoms with van der Waals surface area (Å²) >= 11 is 6.01. The van der Waals surface area contributed by atoms with Gasteiger partial charge in [-0.25, -0.2) is 4.98 Å². The van der Waals surface area contributed by atoms with Gasteiger partial charge in [-0.3, -0.25) is 14.2 Å². The van der Waals surface area contributed by atoms with Crippen molar-refractivity contribution in [2.24, 2.45) is 7.05 Å². The van der Waals surface area contributed by atoms with Crippen molar-refractivity contribution in [2.75, 3.05) is 5.75 Å². The first-order valence-corrected chi connectivity index (χ1v) is 9.08. The lowest BCUT2D eigenvalue weighted by Crippen LogP contribution is -2.19. The van der Waals surface area contributed by atoms with Crippen LogP contribution in [0.2, 0.25) is 0 Å². The highest BCUT2D eigenvalue weighted by Crippen LogP contribution is 2.21. The predicted molar refractivity (Wildman–Crippen MR) is 94.1 cm³/mol. The summed E-state index contributed by atoms with van der Waals surface area (Å²) in [5.41, 5.74) is 1.27. The zero-order chi connectivity index (χ0) is 15.7. The summed E-state index contributed by atoms with van der Waals surface area (Å²) in [6, 6.07) is 9.05. The second-order valence-corrected chi connectivity index (χ2v) is 7.39. The molecular formula is C15H11BrN2O2S2. The lowest BCUT2D eigenvalue weighted by Gasteiger charge is -2.06. The molecule has 0 fully saturated rings. The van der Waals surface area contributed by atoms with Gasteiger partial charge in [-0.1, -0.05) is 39.8 Å². The van der Waals surface area contributed by atoms with Gasteiger partial charge in [0, 0.05) is 17.1 Å². The molecule has 0 unspecified atom stereocenters. The van der Waals surface area contributed by atoms with E-state index in [0.717, 1.165) is 4.47 Å². The number of thiophene rings is 1. The summed E-state index contributed by atoms with van der Waals surface area (Å²) in [6.45, 7) is 0. The molecule has 0 N–H and O–H groups in total. The highest BCUT2D eigenvalue weighted by Gasteiger charge is 2.12. The van der Waals surface area contributed by atoms with E-state index in [9.17, 15) is 9.59 Å². The maximum Gasteiger partial charge on any atom is 0.271 e. The lowest BCUT2D eigenvalue weighted by molar-refractivity contribution is 0.102. The summed E-state index contributed by atoms with van der Waals surface area (Å²) in [5.74, 6) is 0.259. The van der Waals surface area contributed by atoms with Crippen molar-refractivity contribution in [1.29, 1.82) is 0 Å². The molecule has 0 atom stereocenters. The Morgan fingerprint density at radius 1 is 1.32 bits per heavy atom. The van der Waals surface area contributed by atoms with Crippen LogP contribution in [0.1, 0.15) is 10.4 Å². The second kappa shape index (κ2) is 6.36. The third kappa shape index (κ3) is 3.02. The molecule has 22 heavy (non-hydrogen) atoms. The summed E-state index contributed by atoms with van der Waals surface area (Å²) in [7, 11) is 1.68. The van der Waals surface area contributed by atoms with Gasteiger partial charge in [-0.05, 0) is 23.6 Å².